The third kappa shape index (κ3) is 3.75. The van der Waals surface area contributed by atoms with Crippen molar-refractivity contribution in [1.29, 1.82) is 5.26 Å². The van der Waals surface area contributed by atoms with Crippen LogP contribution in [-0.2, 0) is 6.54 Å². The summed E-state index contributed by atoms with van der Waals surface area (Å²) in [5.41, 5.74) is 9.36. The summed E-state index contributed by atoms with van der Waals surface area (Å²) in [4.78, 5) is 2.20. The Balaban J connectivity index is 2.14. The lowest BCUT2D eigenvalue weighted by Crippen LogP contribution is -2.22. The molecule has 21 heavy (non-hydrogen) atoms. The highest BCUT2D eigenvalue weighted by atomic mass is 35.5. The number of rotatable bonds is 4. The number of hydrogen-bond donors (Lipinski definition) is 1. The first-order valence-corrected chi connectivity index (χ1v) is 7.13. The van der Waals surface area contributed by atoms with E-state index in [0.29, 0.717) is 17.1 Å². The second-order valence-corrected chi connectivity index (χ2v) is 5.59. The fourth-order valence-electron chi connectivity index (χ4n) is 2.22. The zero-order valence-corrected chi connectivity index (χ0v) is 12.9. The largest absolute Gasteiger partial charge is 0.399 e. The molecule has 0 bridgehead atoms. The Morgan fingerprint density at radius 1 is 1.29 bits per heavy atom. The van der Waals surface area contributed by atoms with Crippen LogP contribution in [0.4, 0.5) is 5.69 Å². The smallest absolute Gasteiger partial charge is 0.0992 e. The predicted molar refractivity (Wildman–Crippen MR) is 86.9 cm³/mol. The predicted octanol–water partition coefficient (Wildman–Crippen LogP) is 3.99. The minimum atomic E-state index is 0.222. The van der Waals surface area contributed by atoms with Crippen LogP contribution in [0.1, 0.15) is 29.7 Å². The summed E-state index contributed by atoms with van der Waals surface area (Å²) in [5.74, 6) is 0. The van der Waals surface area contributed by atoms with Crippen molar-refractivity contribution in [2.24, 2.45) is 0 Å². The van der Waals surface area contributed by atoms with Crippen molar-refractivity contribution >= 4 is 17.3 Å². The third-order valence-electron chi connectivity index (χ3n) is 3.66. The van der Waals surface area contributed by atoms with Crippen LogP contribution in [0.15, 0.2) is 42.5 Å². The van der Waals surface area contributed by atoms with E-state index in [1.165, 1.54) is 5.56 Å². The van der Waals surface area contributed by atoms with Crippen molar-refractivity contribution in [3.8, 4) is 6.07 Å². The second kappa shape index (κ2) is 6.62. The number of nitrogens with zero attached hydrogens (tertiary/aromatic N) is 2. The van der Waals surface area contributed by atoms with E-state index in [0.717, 1.165) is 11.3 Å². The van der Waals surface area contributed by atoms with Crippen molar-refractivity contribution in [1.82, 2.24) is 4.90 Å². The summed E-state index contributed by atoms with van der Waals surface area (Å²) >= 11 is 6.23. The average molecular weight is 300 g/mol. The minimum absolute atomic E-state index is 0.222. The van der Waals surface area contributed by atoms with Gasteiger partial charge in [0.2, 0.25) is 0 Å². The van der Waals surface area contributed by atoms with Crippen LogP contribution in [-0.4, -0.2) is 11.9 Å². The van der Waals surface area contributed by atoms with Gasteiger partial charge in [0, 0.05) is 23.3 Å². The molecule has 0 saturated heterocycles. The topological polar surface area (TPSA) is 53.0 Å². The second-order valence-electron chi connectivity index (χ2n) is 5.18. The Labute approximate surface area is 130 Å². The molecule has 2 rings (SSSR count). The molecule has 0 aliphatic rings. The number of nitrogens with two attached hydrogens (primary N) is 1. The SMILES string of the molecule is CC(c1cccc(N)c1)N(C)Cc1ccc(C#N)cc1Cl. The zero-order valence-electron chi connectivity index (χ0n) is 12.2. The molecule has 0 saturated carbocycles. The van der Waals surface area contributed by atoms with Gasteiger partial charge in [-0.3, -0.25) is 4.90 Å². The van der Waals surface area contributed by atoms with Gasteiger partial charge in [-0.15, -0.1) is 0 Å². The van der Waals surface area contributed by atoms with Crippen molar-refractivity contribution < 1.29 is 0 Å². The van der Waals surface area contributed by atoms with Crippen molar-refractivity contribution in [2.75, 3.05) is 12.8 Å². The molecule has 3 nitrogen and oxygen atoms in total. The molecule has 2 aromatic rings. The highest BCUT2D eigenvalue weighted by Crippen LogP contribution is 2.25. The highest BCUT2D eigenvalue weighted by molar-refractivity contribution is 6.31. The Morgan fingerprint density at radius 3 is 2.67 bits per heavy atom. The Morgan fingerprint density at radius 2 is 2.05 bits per heavy atom. The van der Waals surface area contributed by atoms with Gasteiger partial charge in [0.25, 0.3) is 0 Å². The first-order valence-electron chi connectivity index (χ1n) is 6.75. The molecular weight excluding hydrogens is 282 g/mol. The number of nitrogen functional groups attached to an aromatic ring is 1. The molecule has 0 heterocycles. The molecule has 0 aromatic heterocycles. The van der Waals surface area contributed by atoms with E-state index in [1.54, 1.807) is 12.1 Å². The van der Waals surface area contributed by atoms with E-state index in [-0.39, 0.29) is 6.04 Å². The summed E-state index contributed by atoms with van der Waals surface area (Å²) in [7, 11) is 2.04. The summed E-state index contributed by atoms with van der Waals surface area (Å²) in [5, 5.41) is 9.49. The van der Waals surface area contributed by atoms with E-state index in [4.69, 9.17) is 22.6 Å². The minimum Gasteiger partial charge on any atom is -0.399 e. The molecule has 0 fully saturated rings. The summed E-state index contributed by atoms with van der Waals surface area (Å²) in [6.07, 6.45) is 0. The van der Waals surface area contributed by atoms with Gasteiger partial charge in [-0.1, -0.05) is 29.8 Å². The number of anilines is 1. The maximum Gasteiger partial charge on any atom is 0.0992 e. The molecule has 0 aliphatic carbocycles. The molecule has 108 valence electrons. The Hall–Kier alpha value is -2.02. The van der Waals surface area contributed by atoms with Gasteiger partial charge in [-0.25, -0.2) is 0 Å². The summed E-state index contributed by atoms with van der Waals surface area (Å²) in [6, 6.07) is 15.6. The number of benzene rings is 2. The van der Waals surface area contributed by atoms with E-state index >= 15 is 0 Å². The number of hydrogen-bond acceptors (Lipinski definition) is 3. The summed E-state index contributed by atoms with van der Waals surface area (Å²) < 4.78 is 0. The molecule has 0 spiro atoms. The number of halogens is 1. The molecule has 0 radical (unpaired) electrons. The van der Waals surface area contributed by atoms with E-state index in [1.807, 2.05) is 31.3 Å². The molecule has 0 aliphatic heterocycles. The molecule has 2 N–H and O–H groups in total. The quantitative estimate of drug-likeness (QED) is 0.869. The molecule has 2 aromatic carbocycles. The first kappa shape index (κ1) is 15.4. The fourth-order valence-corrected chi connectivity index (χ4v) is 2.46. The van der Waals surface area contributed by atoms with Gasteiger partial charge in [-0.05, 0) is 49.4 Å². The lowest BCUT2D eigenvalue weighted by molar-refractivity contribution is 0.253. The van der Waals surface area contributed by atoms with Gasteiger partial charge < -0.3 is 5.73 Å². The molecular formula is C17H18ClN3. The van der Waals surface area contributed by atoms with Crippen LogP contribution in [0.2, 0.25) is 5.02 Å². The highest BCUT2D eigenvalue weighted by Gasteiger charge is 2.13. The summed E-state index contributed by atoms with van der Waals surface area (Å²) in [6.45, 7) is 2.84. The van der Waals surface area contributed by atoms with Gasteiger partial charge >= 0.3 is 0 Å². The monoisotopic (exact) mass is 299 g/mol. The normalized spacial score (nSPS) is 12.1. The fraction of sp³-hybridized carbons (Fsp3) is 0.235. The van der Waals surface area contributed by atoms with Crippen molar-refractivity contribution in [3.63, 3.8) is 0 Å². The lowest BCUT2D eigenvalue weighted by atomic mass is 10.1. The van der Waals surface area contributed by atoms with E-state index < -0.39 is 0 Å². The molecule has 1 atom stereocenters. The van der Waals surface area contributed by atoms with E-state index in [2.05, 4.69) is 24.0 Å². The standard InChI is InChI=1S/C17H18ClN3/c1-12(14-4-3-5-16(20)9-14)21(2)11-15-7-6-13(10-19)8-17(15)18/h3-9,12H,11,20H2,1-2H3. The molecule has 4 heteroatoms. The Kier molecular flexibility index (Phi) is 4.85. The van der Waals surface area contributed by atoms with E-state index in [9.17, 15) is 0 Å². The van der Waals surface area contributed by atoms with Crippen LogP contribution < -0.4 is 5.73 Å². The maximum atomic E-state index is 8.87. The first-order chi connectivity index (χ1) is 10.0. The van der Waals surface area contributed by atoms with Gasteiger partial charge in [0.15, 0.2) is 0 Å². The van der Waals surface area contributed by atoms with Gasteiger partial charge in [-0.2, -0.15) is 5.26 Å². The van der Waals surface area contributed by atoms with Crippen molar-refractivity contribution in [3.05, 3.63) is 64.2 Å². The van der Waals surface area contributed by atoms with Crippen LogP contribution in [0.5, 0.6) is 0 Å². The number of nitriles is 1. The van der Waals surface area contributed by atoms with Crippen LogP contribution in [0, 0.1) is 11.3 Å². The Bertz CT molecular complexity index is 676. The van der Waals surface area contributed by atoms with Crippen LogP contribution >= 0.6 is 11.6 Å². The molecule has 1 unspecified atom stereocenters. The van der Waals surface area contributed by atoms with Crippen LogP contribution in [0.25, 0.3) is 0 Å². The zero-order chi connectivity index (χ0) is 15.4. The van der Waals surface area contributed by atoms with Gasteiger partial charge in [0.05, 0.1) is 11.6 Å². The molecule has 0 amide bonds. The van der Waals surface area contributed by atoms with Gasteiger partial charge in [0.1, 0.15) is 0 Å². The average Bonchev–Trinajstić information content (AvgIpc) is 2.48. The maximum absolute atomic E-state index is 8.87. The third-order valence-corrected chi connectivity index (χ3v) is 4.01. The van der Waals surface area contributed by atoms with Crippen molar-refractivity contribution in [2.45, 2.75) is 19.5 Å². The van der Waals surface area contributed by atoms with Crippen LogP contribution in [0.3, 0.4) is 0 Å². The lowest BCUT2D eigenvalue weighted by Gasteiger charge is -2.25.